The number of hydrogen-bond donors (Lipinski definition) is 3. The molecule has 20 heavy (non-hydrogen) atoms. The number of carbonyl (C=O) groups excluding carboxylic acids is 1. The number of urea groups is 1. The lowest BCUT2D eigenvalue weighted by Gasteiger charge is -2.10. The fourth-order valence-corrected chi connectivity index (χ4v) is 2.78. The second-order valence-electron chi connectivity index (χ2n) is 5.34. The predicted molar refractivity (Wildman–Crippen MR) is 81.1 cm³/mol. The SMILES string of the molecule is CCNc1c[nH]c2ccc(CC3CN(C)C(=O)N3)cc12. The van der Waals surface area contributed by atoms with Crippen LogP contribution in [0.5, 0.6) is 0 Å². The van der Waals surface area contributed by atoms with Crippen LogP contribution in [0.4, 0.5) is 10.5 Å². The molecule has 2 aromatic rings. The molecule has 3 N–H and O–H groups in total. The fourth-order valence-electron chi connectivity index (χ4n) is 2.78. The number of hydrogen-bond acceptors (Lipinski definition) is 2. The van der Waals surface area contributed by atoms with Gasteiger partial charge in [0, 0.05) is 37.2 Å². The van der Waals surface area contributed by atoms with E-state index in [2.05, 4.69) is 40.7 Å². The van der Waals surface area contributed by atoms with Gasteiger partial charge in [-0.2, -0.15) is 0 Å². The molecular formula is C15H20N4O. The van der Waals surface area contributed by atoms with E-state index < -0.39 is 0 Å². The highest BCUT2D eigenvalue weighted by Gasteiger charge is 2.25. The summed E-state index contributed by atoms with van der Waals surface area (Å²) in [6, 6.07) is 6.65. The molecule has 0 spiro atoms. The van der Waals surface area contributed by atoms with Crippen LogP contribution in [-0.4, -0.2) is 42.1 Å². The zero-order valence-corrected chi connectivity index (χ0v) is 11.9. The molecule has 1 unspecified atom stereocenters. The minimum atomic E-state index is 0.0195. The van der Waals surface area contributed by atoms with Crippen LogP contribution in [0, 0.1) is 0 Å². The zero-order valence-electron chi connectivity index (χ0n) is 11.9. The normalized spacial score (nSPS) is 18.6. The first-order chi connectivity index (χ1) is 9.67. The highest BCUT2D eigenvalue weighted by Crippen LogP contribution is 2.25. The van der Waals surface area contributed by atoms with Gasteiger partial charge in [-0.05, 0) is 31.0 Å². The van der Waals surface area contributed by atoms with E-state index in [-0.39, 0.29) is 12.1 Å². The Morgan fingerprint density at radius 2 is 2.30 bits per heavy atom. The molecule has 3 rings (SSSR count). The van der Waals surface area contributed by atoms with E-state index in [9.17, 15) is 4.79 Å². The second-order valence-corrected chi connectivity index (χ2v) is 5.34. The minimum Gasteiger partial charge on any atom is -0.384 e. The van der Waals surface area contributed by atoms with Crippen molar-refractivity contribution in [1.82, 2.24) is 15.2 Å². The Balaban J connectivity index is 1.81. The lowest BCUT2D eigenvalue weighted by molar-refractivity contribution is 0.226. The predicted octanol–water partition coefficient (Wildman–Crippen LogP) is 2.17. The lowest BCUT2D eigenvalue weighted by Crippen LogP contribution is -2.28. The van der Waals surface area contributed by atoms with Crippen molar-refractivity contribution in [3.05, 3.63) is 30.0 Å². The van der Waals surface area contributed by atoms with Gasteiger partial charge in [-0.1, -0.05) is 6.07 Å². The molecule has 1 aromatic carbocycles. The third kappa shape index (κ3) is 2.31. The van der Waals surface area contributed by atoms with Gasteiger partial charge < -0.3 is 20.5 Å². The lowest BCUT2D eigenvalue weighted by atomic mass is 10.0. The number of H-pyrrole nitrogens is 1. The van der Waals surface area contributed by atoms with Gasteiger partial charge in [0.05, 0.1) is 11.7 Å². The Kier molecular flexibility index (Phi) is 3.26. The first kappa shape index (κ1) is 12.8. The van der Waals surface area contributed by atoms with Gasteiger partial charge >= 0.3 is 6.03 Å². The smallest absolute Gasteiger partial charge is 0.317 e. The summed E-state index contributed by atoms with van der Waals surface area (Å²) < 4.78 is 0. The first-order valence-electron chi connectivity index (χ1n) is 7.03. The van der Waals surface area contributed by atoms with E-state index in [4.69, 9.17) is 0 Å². The largest absolute Gasteiger partial charge is 0.384 e. The summed E-state index contributed by atoms with van der Waals surface area (Å²) >= 11 is 0. The van der Waals surface area contributed by atoms with Crippen LogP contribution in [0.15, 0.2) is 24.4 Å². The van der Waals surface area contributed by atoms with Crippen LogP contribution in [0.1, 0.15) is 12.5 Å². The van der Waals surface area contributed by atoms with Crippen LogP contribution in [-0.2, 0) is 6.42 Å². The van der Waals surface area contributed by atoms with Crippen LogP contribution >= 0.6 is 0 Å². The van der Waals surface area contributed by atoms with Crippen molar-refractivity contribution < 1.29 is 4.79 Å². The van der Waals surface area contributed by atoms with E-state index >= 15 is 0 Å². The van der Waals surface area contributed by atoms with Crippen molar-refractivity contribution in [1.29, 1.82) is 0 Å². The summed E-state index contributed by atoms with van der Waals surface area (Å²) in [6.45, 7) is 3.76. The molecule has 0 aliphatic carbocycles. The van der Waals surface area contributed by atoms with Crippen molar-refractivity contribution >= 4 is 22.6 Å². The van der Waals surface area contributed by atoms with E-state index in [1.807, 2.05) is 13.2 Å². The molecule has 106 valence electrons. The van der Waals surface area contributed by atoms with Gasteiger partial charge in [-0.25, -0.2) is 4.79 Å². The average molecular weight is 272 g/mol. The Hall–Kier alpha value is -2.17. The average Bonchev–Trinajstić information content (AvgIpc) is 2.95. The first-order valence-corrected chi connectivity index (χ1v) is 7.03. The number of likely N-dealkylation sites (N-methyl/N-ethyl adjacent to an activating group) is 1. The molecule has 0 bridgehead atoms. The highest BCUT2D eigenvalue weighted by atomic mass is 16.2. The monoisotopic (exact) mass is 272 g/mol. The van der Waals surface area contributed by atoms with Crippen LogP contribution in [0.25, 0.3) is 10.9 Å². The topological polar surface area (TPSA) is 60.2 Å². The van der Waals surface area contributed by atoms with E-state index in [0.29, 0.717) is 0 Å². The Morgan fingerprint density at radius 1 is 1.45 bits per heavy atom. The van der Waals surface area contributed by atoms with Gasteiger partial charge in [0.2, 0.25) is 0 Å². The molecule has 0 saturated carbocycles. The third-order valence-corrected chi connectivity index (χ3v) is 3.76. The maximum Gasteiger partial charge on any atom is 0.317 e. The number of amides is 2. The molecule has 2 amide bonds. The van der Waals surface area contributed by atoms with Crippen molar-refractivity contribution in [3.8, 4) is 0 Å². The number of fused-ring (bicyclic) bond motifs is 1. The van der Waals surface area contributed by atoms with Gasteiger partial charge in [0.1, 0.15) is 0 Å². The van der Waals surface area contributed by atoms with Crippen LogP contribution in [0.2, 0.25) is 0 Å². The second kappa shape index (κ2) is 5.07. The van der Waals surface area contributed by atoms with Gasteiger partial charge in [0.15, 0.2) is 0 Å². The Morgan fingerprint density at radius 3 is 3.00 bits per heavy atom. The number of aromatic nitrogens is 1. The summed E-state index contributed by atoms with van der Waals surface area (Å²) in [5.74, 6) is 0. The van der Waals surface area contributed by atoms with Gasteiger partial charge in [-0.15, -0.1) is 0 Å². The number of aromatic amines is 1. The summed E-state index contributed by atoms with van der Waals surface area (Å²) in [5, 5.41) is 7.56. The van der Waals surface area contributed by atoms with Crippen LogP contribution < -0.4 is 10.6 Å². The number of benzene rings is 1. The zero-order chi connectivity index (χ0) is 14.1. The fraction of sp³-hybridized carbons (Fsp3) is 0.400. The highest BCUT2D eigenvalue weighted by molar-refractivity contribution is 5.92. The van der Waals surface area contributed by atoms with Crippen molar-refractivity contribution in [3.63, 3.8) is 0 Å². The van der Waals surface area contributed by atoms with Gasteiger partial charge in [0.25, 0.3) is 0 Å². The Labute approximate surface area is 118 Å². The summed E-state index contributed by atoms with van der Waals surface area (Å²) in [4.78, 5) is 16.5. The number of anilines is 1. The van der Waals surface area contributed by atoms with Crippen molar-refractivity contribution in [2.75, 3.05) is 25.5 Å². The molecular weight excluding hydrogens is 252 g/mol. The molecule has 1 aliphatic heterocycles. The quantitative estimate of drug-likeness (QED) is 0.799. The van der Waals surface area contributed by atoms with E-state index in [1.165, 1.54) is 10.9 Å². The van der Waals surface area contributed by atoms with Crippen LogP contribution in [0.3, 0.4) is 0 Å². The van der Waals surface area contributed by atoms with Crippen molar-refractivity contribution in [2.45, 2.75) is 19.4 Å². The summed E-state index contributed by atoms with van der Waals surface area (Å²) in [6.07, 6.45) is 2.87. The number of rotatable bonds is 4. The van der Waals surface area contributed by atoms with Crippen molar-refractivity contribution in [2.24, 2.45) is 0 Å². The maximum absolute atomic E-state index is 11.5. The molecule has 1 fully saturated rings. The van der Waals surface area contributed by atoms with E-state index in [0.717, 1.165) is 30.7 Å². The standard InChI is InChI=1S/C15H20N4O/c1-3-16-14-8-17-13-5-4-10(7-12(13)14)6-11-9-19(2)15(20)18-11/h4-5,7-8,11,16-17H,3,6,9H2,1-2H3,(H,18,20). The molecule has 1 atom stereocenters. The number of nitrogens with one attached hydrogen (secondary N) is 3. The molecule has 1 saturated heterocycles. The molecule has 2 heterocycles. The minimum absolute atomic E-state index is 0.0195. The number of nitrogens with zero attached hydrogens (tertiary/aromatic N) is 1. The maximum atomic E-state index is 11.5. The van der Waals surface area contributed by atoms with E-state index in [1.54, 1.807) is 4.90 Å². The molecule has 5 nitrogen and oxygen atoms in total. The Bertz CT molecular complexity index is 634. The van der Waals surface area contributed by atoms with Gasteiger partial charge in [-0.3, -0.25) is 0 Å². The molecule has 0 radical (unpaired) electrons. The molecule has 1 aromatic heterocycles. The summed E-state index contributed by atoms with van der Waals surface area (Å²) in [7, 11) is 1.83. The molecule has 5 heteroatoms. The number of carbonyl (C=O) groups is 1. The molecule has 1 aliphatic rings. The summed E-state index contributed by atoms with van der Waals surface area (Å²) in [5.41, 5.74) is 3.52. The third-order valence-electron chi connectivity index (χ3n) is 3.76.